The number of nitrogens with zero attached hydrogens (tertiary/aromatic N) is 2. The molecule has 0 saturated carbocycles. The van der Waals surface area contributed by atoms with Gasteiger partial charge < -0.3 is 10.1 Å². The Morgan fingerprint density at radius 2 is 2.25 bits per heavy atom. The minimum atomic E-state index is -0.651. The van der Waals surface area contributed by atoms with Crippen molar-refractivity contribution < 1.29 is 9.53 Å². The van der Waals surface area contributed by atoms with E-state index in [1.165, 1.54) is 0 Å². The quantitative estimate of drug-likeness (QED) is 0.451. The summed E-state index contributed by atoms with van der Waals surface area (Å²) in [6, 6.07) is 1.87. The van der Waals surface area contributed by atoms with Gasteiger partial charge in [-0.3, -0.25) is 4.79 Å². The van der Waals surface area contributed by atoms with E-state index in [1.54, 1.807) is 18.0 Å². The zero-order chi connectivity index (χ0) is 15.0. The molecule has 0 amide bonds. The third-order valence-corrected chi connectivity index (χ3v) is 3.76. The predicted octanol–water partition coefficient (Wildman–Crippen LogP) is 2.20. The first-order valence-corrected chi connectivity index (χ1v) is 7.85. The molecular formula is C14H23N3O2S. The van der Waals surface area contributed by atoms with Gasteiger partial charge in [-0.2, -0.15) is 0 Å². The largest absolute Gasteiger partial charge is 0.465 e. The smallest absolute Gasteiger partial charge is 0.326 e. The number of aromatic nitrogens is 2. The highest BCUT2D eigenvalue weighted by atomic mass is 32.2. The van der Waals surface area contributed by atoms with Crippen molar-refractivity contribution in [3.63, 3.8) is 0 Å². The molecule has 0 aromatic carbocycles. The molecule has 0 radical (unpaired) electrons. The Labute approximate surface area is 124 Å². The van der Waals surface area contributed by atoms with Gasteiger partial charge in [-0.1, -0.05) is 18.7 Å². The molecule has 112 valence electrons. The van der Waals surface area contributed by atoms with Crippen molar-refractivity contribution in [3.8, 4) is 0 Å². The first-order valence-electron chi connectivity index (χ1n) is 6.86. The molecule has 6 heteroatoms. The lowest BCUT2D eigenvalue weighted by atomic mass is 9.99. The van der Waals surface area contributed by atoms with Crippen LogP contribution in [0.25, 0.3) is 0 Å². The van der Waals surface area contributed by atoms with Crippen LogP contribution in [0.2, 0.25) is 0 Å². The van der Waals surface area contributed by atoms with Crippen LogP contribution in [0.15, 0.2) is 17.4 Å². The van der Waals surface area contributed by atoms with Crippen LogP contribution in [-0.2, 0) is 9.53 Å². The van der Waals surface area contributed by atoms with E-state index in [-0.39, 0.29) is 5.97 Å². The summed E-state index contributed by atoms with van der Waals surface area (Å²) in [5.74, 6) is 0.554. The van der Waals surface area contributed by atoms with Gasteiger partial charge in [-0.25, -0.2) is 9.97 Å². The van der Waals surface area contributed by atoms with Crippen molar-refractivity contribution in [2.24, 2.45) is 0 Å². The van der Waals surface area contributed by atoms with Crippen molar-refractivity contribution >= 4 is 17.7 Å². The summed E-state index contributed by atoms with van der Waals surface area (Å²) in [5.41, 5.74) is 0.295. The SMILES string of the molecule is CCNC(C)(CCSc1nccc(C)n1)C(=O)OCC. The summed E-state index contributed by atoms with van der Waals surface area (Å²) in [6.45, 7) is 8.74. The highest BCUT2D eigenvalue weighted by molar-refractivity contribution is 7.99. The zero-order valence-electron chi connectivity index (χ0n) is 12.6. The minimum Gasteiger partial charge on any atom is -0.465 e. The van der Waals surface area contributed by atoms with Crippen molar-refractivity contribution in [2.75, 3.05) is 18.9 Å². The van der Waals surface area contributed by atoms with E-state index in [0.717, 1.165) is 23.1 Å². The summed E-state index contributed by atoms with van der Waals surface area (Å²) < 4.78 is 5.14. The van der Waals surface area contributed by atoms with Crippen LogP contribution < -0.4 is 5.32 Å². The molecule has 0 aliphatic rings. The van der Waals surface area contributed by atoms with E-state index in [2.05, 4.69) is 15.3 Å². The molecule has 1 rings (SSSR count). The fraction of sp³-hybridized carbons (Fsp3) is 0.643. The van der Waals surface area contributed by atoms with Crippen LogP contribution in [0, 0.1) is 6.92 Å². The van der Waals surface area contributed by atoms with E-state index in [0.29, 0.717) is 13.0 Å². The normalized spacial score (nSPS) is 13.8. The Morgan fingerprint density at radius 1 is 1.50 bits per heavy atom. The number of nitrogens with one attached hydrogen (secondary N) is 1. The van der Waals surface area contributed by atoms with Gasteiger partial charge in [0.25, 0.3) is 0 Å². The molecule has 0 aliphatic heterocycles. The minimum absolute atomic E-state index is 0.201. The Balaban J connectivity index is 2.56. The number of carbonyl (C=O) groups excluding carboxylic acids is 1. The standard InChI is InChI=1S/C14H23N3O2S/c1-5-16-14(4,12(18)19-6-2)8-10-20-13-15-9-7-11(3)17-13/h7,9,16H,5-6,8,10H2,1-4H3. The molecule has 1 unspecified atom stereocenters. The average Bonchev–Trinajstić information content (AvgIpc) is 2.39. The van der Waals surface area contributed by atoms with E-state index in [1.807, 2.05) is 33.8 Å². The number of thioether (sulfide) groups is 1. The Morgan fingerprint density at radius 3 is 2.85 bits per heavy atom. The Bertz CT molecular complexity index is 442. The lowest BCUT2D eigenvalue weighted by Crippen LogP contribution is -2.50. The number of hydrogen-bond acceptors (Lipinski definition) is 6. The van der Waals surface area contributed by atoms with E-state index < -0.39 is 5.54 Å². The van der Waals surface area contributed by atoms with E-state index in [9.17, 15) is 4.79 Å². The maximum absolute atomic E-state index is 12.0. The molecule has 0 saturated heterocycles. The summed E-state index contributed by atoms with van der Waals surface area (Å²) in [7, 11) is 0. The first-order chi connectivity index (χ1) is 9.51. The number of esters is 1. The Kier molecular flexibility index (Phi) is 6.95. The van der Waals surface area contributed by atoms with Crippen LogP contribution in [0.4, 0.5) is 0 Å². The van der Waals surface area contributed by atoms with Crippen LogP contribution in [0.3, 0.4) is 0 Å². The lowest BCUT2D eigenvalue weighted by molar-refractivity contribution is -0.150. The molecule has 20 heavy (non-hydrogen) atoms. The molecule has 0 fully saturated rings. The van der Waals surface area contributed by atoms with Crippen molar-refractivity contribution in [2.45, 2.75) is 44.8 Å². The van der Waals surface area contributed by atoms with Crippen molar-refractivity contribution in [1.82, 2.24) is 15.3 Å². The molecule has 1 aromatic rings. The molecule has 1 heterocycles. The third-order valence-electron chi connectivity index (χ3n) is 2.90. The molecule has 0 aliphatic carbocycles. The summed E-state index contributed by atoms with van der Waals surface area (Å²) in [6.07, 6.45) is 2.42. The van der Waals surface area contributed by atoms with Gasteiger partial charge >= 0.3 is 5.97 Å². The van der Waals surface area contributed by atoms with Gasteiger partial charge in [0, 0.05) is 17.6 Å². The second-order valence-electron chi connectivity index (χ2n) is 4.66. The number of aryl methyl sites for hydroxylation is 1. The number of ether oxygens (including phenoxy) is 1. The monoisotopic (exact) mass is 297 g/mol. The van der Waals surface area contributed by atoms with Crippen LogP contribution in [0.1, 0.15) is 32.9 Å². The maximum Gasteiger partial charge on any atom is 0.326 e. The average molecular weight is 297 g/mol. The van der Waals surface area contributed by atoms with Crippen LogP contribution in [-0.4, -0.2) is 40.4 Å². The van der Waals surface area contributed by atoms with Crippen LogP contribution >= 0.6 is 11.8 Å². The van der Waals surface area contributed by atoms with Crippen molar-refractivity contribution in [3.05, 3.63) is 18.0 Å². The highest BCUT2D eigenvalue weighted by Gasteiger charge is 2.33. The summed E-state index contributed by atoms with van der Waals surface area (Å²) in [4.78, 5) is 20.6. The maximum atomic E-state index is 12.0. The molecule has 0 spiro atoms. The number of rotatable bonds is 8. The summed E-state index contributed by atoms with van der Waals surface area (Å²) in [5, 5.41) is 3.96. The molecule has 1 N–H and O–H groups in total. The lowest BCUT2D eigenvalue weighted by Gasteiger charge is -2.27. The van der Waals surface area contributed by atoms with Gasteiger partial charge in [0.1, 0.15) is 5.54 Å². The van der Waals surface area contributed by atoms with Gasteiger partial charge in [-0.05, 0) is 39.8 Å². The predicted molar refractivity (Wildman–Crippen MR) is 80.8 cm³/mol. The van der Waals surface area contributed by atoms with Crippen molar-refractivity contribution in [1.29, 1.82) is 0 Å². The Hall–Kier alpha value is -1.14. The first kappa shape index (κ1) is 16.9. The van der Waals surface area contributed by atoms with E-state index >= 15 is 0 Å². The second-order valence-corrected chi connectivity index (χ2v) is 5.72. The van der Waals surface area contributed by atoms with Gasteiger partial charge in [0.15, 0.2) is 5.16 Å². The second kappa shape index (κ2) is 8.21. The fourth-order valence-electron chi connectivity index (χ4n) is 1.79. The highest BCUT2D eigenvalue weighted by Crippen LogP contribution is 2.20. The summed E-state index contributed by atoms with van der Waals surface area (Å²) >= 11 is 1.55. The molecule has 0 bridgehead atoms. The van der Waals surface area contributed by atoms with E-state index in [4.69, 9.17) is 4.74 Å². The van der Waals surface area contributed by atoms with Gasteiger partial charge in [0.05, 0.1) is 6.61 Å². The molecule has 5 nitrogen and oxygen atoms in total. The van der Waals surface area contributed by atoms with Gasteiger partial charge in [0.2, 0.25) is 0 Å². The topological polar surface area (TPSA) is 64.1 Å². The molecular weight excluding hydrogens is 274 g/mol. The molecule has 1 aromatic heterocycles. The van der Waals surface area contributed by atoms with Gasteiger partial charge in [-0.15, -0.1) is 0 Å². The fourth-order valence-corrected chi connectivity index (χ4v) is 2.82. The van der Waals surface area contributed by atoms with Crippen LogP contribution in [0.5, 0.6) is 0 Å². The third kappa shape index (κ3) is 5.09. The number of carbonyl (C=O) groups is 1. The number of likely N-dealkylation sites (N-methyl/N-ethyl adjacent to an activating group) is 1. The number of hydrogen-bond donors (Lipinski definition) is 1. The zero-order valence-corrected chi connectivity index (χ0v) is 13.4. The molecule has 1 atom stereocenters.